The maximum Gasteiger partial charge on any atom is 0.229 e. The molecule has 10 heteroatoms. The van der Waals surface area contributed by atoms with Gasteiger partial charge in [0.05, 0.1) is 6.33 Å². The molecule has 1 amide bonds. The normalized spacial score (nSPS) is 17.3. The monoisotopic (exact) mass is 376 g/mol. The standard InChI is InChI=1S/C13H15Cl3N6O/c14-13(15,16)12(20-8-23)22-7-19-9-10(17-6-18-11(9)22)21-4-2-1-3-5-21/h6-8,12H,1-5H2,(H,20,23)/t12-/m0/s1. The number of anilines is 1. The van der Waals surface area contributed by atoms with Gasteiger partial charge >= 0.3 is 0 Å². The van der Waals surface area contributed by atoms with Crippen molar-refractivity contribution in [3.05, 3.63) is 12.7 Å². The Bertz CT molecular complexity index is 695. The molecule has 7 nitrogen and oxygen atoms in total. The average molecular weight is 378 g/mol. The number of halogens is 3. The number of hydrogen-bond donors (Lipinski definition) is 1. The van der Waals surface area contributed by atoms with Crippen molar-refractivity contribution in [2.75, 3.05) is 18.0 Å². The summed E-state index contributed by atoms with van der Waals surface area (Å²) in [6, 6.07) is 0. The van der Waals surface area contributed by atoms with E-state index in [1.165, 1.54) is 23.6 Å². The van der Waals surface area contributed by atoms with Crippen LogP contribution in [0, 0.1) is 0 Å². The third kappa shape index (κ3) is 3.32. The number of carbonyl (C=O) groups excluding carboxylic acids is 1. The number of nitrogens with zero attached hydrogens (tertiary/aromatic N) is 5. The zero-order valence-corrected chi connectivity index (χ0v) is 14.4. The first kappa shape index (κ1) is 16.5. The number of rotatable bonds is 4. The molecule has 0 radical (unpaired) electrons. The lowest BCUT2D eigenvalue weighted by molar-refractivity contribution is -0.110. The van der Waals surface area contributed by atoms with E-state index in [9.17, 15) is 4.79 Å². The molecule has 3 heterocycles. The minimum Gasteiger partial charge on any atom is -0.355 e. The van der Waals surface area contributed by atoms with E-state index in [2.05, 4.69) is 25.2 Å². The van der Waals surface area contributed by atoms with Gasteiger partial charge in [0, 0.05) is 13.1 Å². The minimum atomic E-state index is -1.75. The Morgan fingerprint density at radius 2 is 1.91 bits per heavy atom. The number of amides is 1. The van der Waals surface area contributed by atoms with Gasteiger partial charge in [0.25, 0.3) is 0 Å². The summed E-state index contributed by atoms with van der Waals surface area (Å²) in [5.41, 5.74) is 1.13. The Kier molecular flexibility index (Phi) is 4.79. The van der Waals surface area contributed by atoms with Gasteiger partial charge < -0.3 is 10.2 Å². The minimum absolute atomic E-state index is 0.477. The van der Waals surface area contributed by atoms with E-state index in [-0.39, 0.29) is 0 Å². The van der Waals surface area contributed by atoms with E-state index < -0.39 is 9.96 Å². The lowest BCUT2D eigenvalue weighted by atomic mass is 10.1. The van der Waals surface area contributed by atoms with E-state index in [0.717, 1.165) is 31.7 Å². The molecule has 124 valence electrons. The maximum atomic E-state index is 10.8. The largest absolute Gasteiger partial charge is 0.355 e. The van der Waals surface area contributed by atoms with Gasteiger partial charge in [-0.1, -0.05) is 34.8 Å². The third-order valence-electron chi connectivity index (χ3n) is 3.81. The van der Waals surface area contributed by atoms with Crippen LogP contribution in [0.4, 0.5) is 5.82 Å². The topological polar surface area (TPSA) is 75.9 Å². The molecule has 0 aromatic carbocycles. The number of aromatic nitrogens is 4. The predicted octanol–water partition coefficient (Wildman–Crippen LogP) is 2.43. The van der Waals surface area contributed by atoms with Crippen LogP contribution in [-0.4, -0.2) is 42.8 Å². The summed E-state index contributed by atoms with van der Waals surface area (Å²) in [5.74, 6) is 0.766. The fourth-order valence-corrected chi connectivity index (χ4v) is 3.27. The first-order valence-corrected chi connectivity index (χ1v) is 8.34. The Hall–Kier alpha value is -1.31. The van der Waals surface area contributed by atoms with Crippen LogP contribution >= 0.6 is 34.8 Å². The molecule has 0 spiro atoms. The summed E-state index contributed by atoms with van der Waals surface area (Å²) < 4.78 is -0.212. The van der Waals surface area contributed by atoms with Crippen molar-refractivity contribution in [1.29, 1.82) is 0 Å². The molecular weight excluding hydrogens is 363 g/mol. The predicted molar refractivity (Wildman–Crippen MR) is 89.9 cm³/mol. The van der Waals surface area contributed by atoms with Crippen LogP contribution in [0.1, 0.15) is 25.4 Å². The van der Waals surface area contributed by atoms with Gasteiger partial charge in [-0.05, 0) is 19.3 Å². The van der Waals surface area contributed by atoms with E-state index in [1.807, 2.05) is 0 Å². The second-order valence-electron chi connectivity index (χ2n) is 5.30. The van der Waals surface area contributed by atoms with Crippen molar-refractivity contribution >= 4 is 58.2 Å². The van der Waals surface area contributed by atoms with Gasteiger partial charge in [-0.15, -0.1) is 0 Å². The molecular formula is C13H15Cl3N6O. The summed E-state index contributed by atoms with van der Waals surface area (Å²) in [7, 11) is 0. The highest BCUT2D eigenvalue weighted by Gasteiger charge is 2.35. The van der Waals surface area contributed by atoms with Crippen LogP contribution in [0.3, 0.4) is 0 Å². The molecule has 1 aliphatic heterocycles. The van der Waals surface area contributed by atoms with Gasteiger partial charge in [-0.2, -0.15) is 0 Å². The van der Waals surface area contributed by atoms with E-state index in [4.69, 9.17) is 34.8 Å². The summed E-state index contributed by atoms with van der Waals surface area (Å²) in [6.07, 6.45) is 5.98. The number of piperidine rings is 1. The lowest BCUT2D eigenvalue weighted by Crippen LogP contribution is -2.35. The zero-order chi connectivity index (χ0) is 16.4. The van der Waals surface area contributed by atoms with Gasteiger partial charge in [-0.25, -0.2) is 15.0 Å². The number of imidazole rings is 1. The SMILES string of the molecule is O=CN[C@@H](n1cnc2c(N3CCCCC3)ncnc21)C(Cl)(Cl)Cl. The number of hydrogen-bond acceptors (Lipinski definition) is 5. The number of carbonyl (C=O) groups is 1. The molecule has 1 saturated heterocycles. The van der Waals surface area contributed by atoms with Crippen molar-refractivity contribution < 1.29 is 4.79 Å². The summed E-state index contributed by atoms with van der Waals surface area (Å²) in [4.78, 5) is 26.0. The van der Waals surface area contributed by atoms with Crippen LogP contribution in [0.2, 0.25) is 0 Å². The number of fused-ring (bicyclic) bond motifs is 1. The van der Waals surface area contributed by atoms with Gasteiger partial charge in [0.2, 0.25) is 10.2 Å². The highest BCUT2D eigenvalue weighted by molar-refractivity contribution is 6.67. The summed E-state index contributed by atoms with van der Waals surface area (Å²) in [6.45, 7) is 1.86. The molecule has 2 aromatic rings. The Balaban J connectivity index is 2.05. The molecule has 1 aliphatic rings. The zero-order valence-electron chi connectivity index (χ0n) is 12.1. The van der Waals surface area contributed by atoms with Gasteiger partial charge in [-0.3, -0.25) is 9.36 Å². The highest BCUT2D eigenvalue weighted by atomic mass is 35.6. The molecule has 3 rings (SSSR count). The van der Waals surface area contributed by atoms with Crippen molar-refractivity contribution in [2.24, 2.45) is 0 Å². The summed E-state index contributed by atoms with van der Waals surface area (Å²) in [5, 5.41) is 2.49. The fraction of sp³-hybridized carbons (Fsp3) is 0.538. The highest BCUT2D eigenvalue weighted by Crippen LogP contribution is 2.38. The maximum absolute atomic E-state index is 10.8. The van der Waals surface area contributed by atoms with Crippen molar-refractivity contribution in [3.63, 3.8) is 0 Å². The van der Waals surface area contributed by atoms with Crippen LogP contribution in [-0.2, 0) is 4.79 Å². The van der Waals surface area contributed by atoms with E-state index in [1.54, 1.807) is 0 Å². The lowest BCUT2D eigenvalue weighted by Gasteiger charge is -2.28. The molecule has 0 saturated carbocycles. The van der Waals surface area contributed by atoms with Gasteiger partial charge in [0.15, 0.2) is 23.1 Å². The molecule has 0 unspecified atom stereocenters. The van der Waals surface area contributed by atoms with Crippen molar-refractivity contribution in [3.8, 4) is 0 Å². The molecule has 1 N–H and O–H groups in total. The van der Waals surface area contributed by atoms with Gasteiger partial charge in [0.1, 0.15) is 6.33 Å². The van der Waals surface area contributed by atoms with Crippen LogP contribution in [0.25, 0.3) is 11.2 Å². The second kappa shape index (κ2) is 6.67. The number of alkyl halides is 3. The third-order valence-corrected chi connectivity index (χ3v) is 4.43. The summed E-state index contributed by atoms with van der Waals surface area (Å²) >= 11 is 17.9. The smallest absolute Gasteiger partial charge is 0.229 e. The Morgan fingerprint density at radius 3 is 2.57 bits per heavy atom. The quantitative estimate of drug-likeness (QED) is 0.654. The Morgan fingerprint density at radius 1 is 1.17 bits per heavy atom. The van der Waals surface area contributed by atoms with Crippen LogP contribution in [0.5, 0.6) is 0 Å². The van der Waals surface area contributed by atoms with E-state index >= 15 is 0 Å². The molecule has 1 atom stereocenters. The molecule has 23 heavy (non-hydrogen) atoms. The van der Waals surface area contributed by atoms with Crippen molar-refractivity contribution in [2.45, 2.75) is 29.2 Å². The average Bonchev–Trinajstić information content (AvgIpc) is 2.96. The van der Waals surface area contributed by atoms with E-state index in [0.29, 0.717) is 17.6 Å². The number of nitrogens with one attached hydrogen (secondary N) is 1. The second-order valence-corrected chi connectivity index (χ2v) is 7.67. The van der Waals surface area contributed by atoms with Crippen LogP contribution in [0.15, 0.2) is 12.7 Å². The Labute approximate surface area is 147 Å². The molecule has 0 aliphatic carbocycles. The molecule has 1 fully saturated rings. The first-order chi connectivity index (χ1) is 11.0. The molecule has 2 aromatic heterocycles. The first-order valence-electron chi connectivity index (χ1n) is 7.21. The molecule has 0 bridgehead atoms. The van der Waals surface area contributed by atoms with Crippen molar-refractivity contribution in [1.82, 2.24) is 24.8 Å². The van der Waals surface area contributed by atoms with Crippen LogP contribution < -0.4 is 10.2 Å². The fourth-order valence-electron chi connectivity index (χ4n) is 2.76.